The molecule has 7 nitrogen and oxygen atoms in total. The molecule has 0 saturated heterocycles. The Morgan fingerprint density at radius 3 is 2.72 bits per heavy atom. The number of nitrogens with zero attached hydrogens (tertiary/aromatic N) is 5. The predicted octanol–water partition coefficient (Wildman–Crippen LogP) is 4.20. The lowest BCUT2D eigenvalue weighted by molar-refractivity contribution is -0.141. The number of carbonyl (C=O) groups is 1. The maximum Gasteiger partial charge on any atom is 0.433 e. The van der Waals surface area contributed by atoms with E-state index in [1.165, 1.54) is 6.07 Å². The van der Waals surface area contributed by atoms with Crippen LogP contribution in [0.25, 0.3) is 11.3 Å². The summed E-state index contributed by atoms with van der Waals surface area (Å²) >= 11 is 0. The molecular weight excluding hydrogens is 421 g/mol. The van der Waals surface area contributed by atoms with Crippen LogP contribution in [-0.2, 0) is 12.7 Å². The third kappa shape index (κ3) is 4.09. The van der Waals surface area contributed by atoms with Crippen molar-refractivity contribution in [3.8, 4) is 11.3 Å². The van der Waals surface area contributed by atoms with Crippen molar-refractivity contribution in [2.75, 3.05) is 0 Å². The average Bonchev–Trinajstić information content (AvgIpc) is 3.51. The predicted molar refractivity (Wildman–Crippen MR) is 109 cm³/mol. The molecule has 1 N–H and O–H groups in total. The molecule has 2 aliphatic rings. The lowest BCUT2D eigenvalue weighted by Crippen LogP contribution is -2.33. The Morgan fingerprint density at radius 1 is 1.16 bits per heavy atom. The first-order valence-electron chi connectivity index (χ1n) is 10.6. The van der Waals surface area contributed by atoms with E-state index in [9.17, 15) is 18.0 Å². The third-order valence-corrected chi connectivity index (χ3v) is 5.73. The van der Waals surface area contributed by atoms with E-state index in [0.29, 0.717) is 41.7 Å². The topological polar surface area (TPSA) is 85.6 Å². The van der Waals surface area contributed by atoms with Gasteiger partial charge in [0.1, 0.15) is 17.2 Å². The molecule has 1 amide bonds. The number of amides is 1. The summed E-state index contributed by atoms with van der Waals surface area (Å²) in [7, 11) is 0. The molecule has 1 fully saturated rings. The minimum Gasteiger partial charge on any atom is -0.342 e. The number of halogens is 3. The Hall–Kier alpha value is -3.30. The summed E-state index contributed by atoms with van der Waals surface area (Å²) in [5.41, 5.74) is 1.64. The number of hydrogen-bond acceptors (Lipinski definition) is 5. The SMILES string of the molecule is Cc1cc(C(=O)N[C@H]2CCCn3nc(-c4ccnc(C(F)(F)F)c4)cc32)nc(C2CC2)n1. The second-order valence-corrected chi connectivity index (χ2v) is 8.30. The largest absolute Gasteiger partial charge is 0.433 e. The van der Waals surface area contributed by atoms with Crippen LogP contribution in [-0.4, -0.2) is 30.6 Å². The molecular formula is C22H21F3N6O. The number of pyridine rings is 1. The van der Waals surface area contributed by atoms with Crippen molar-refractivity contribution in [3.63, 3.8) is 0 Å². The Kier molecular flexibility index (Phi) is 4.94. The van der Waals surface area contributed by atoms with Crippen LogP contribution in [0.15, 0.2) is 30.5 Å². The van der Waals surface area contributed by atoms with Crippen LogP contribution >= 0.6 is 0 Å². The van der Waals surface area contributed by atoms with Crippen molar-refractivity contribution in [2.24, 2.45) is 0 Å². The number of aromatic nitrogens is 5. The van der Waals surface area contributed by atoms with Gasteiger partial charge in [-0.05, 0) is 56.9 Å². The maximum absolute atomic E-state index is 13.0. The second-order valence-electron chi connectivity index (χ2n) is 8.30. The summed E-state index contributed by atoms with van der Waals surface area (Å²) in [5, 5.41) is 7.50. The summed E-state index contributed by atoms with van der Waals surface area (Å²) < 4.78 is 40.9. The molecule has 0 radical (unpaired) electrons. The van der Waals surface area contributed by atoms with E-state index in [4.69, 9.17) is 0 Å². The summed E-state index contributed by atoms with van der Waals surface area (Å²) in [6.07, 6.45) is 0.186. The first-order chi connectivity index (χ1) is 15.3. The average molecular weight is 442 g/mol. The molecule has 10 heteroatoms. The highest BCUT2D eigenvalue weighted by molar-refractivity contribution is 5.92. The fraction of sp³-hybridized carbons (Fsp3) is 0.409. The lowest BCUT2D eigenvalue weighted by atomic mass is 10.0. The highest BCUT2D eigenvalue weighted by Gasteiger charge is 2.33. The van der Waals surface area contributed by atoms with E-state index >= 15 is 0 Å². The molecule has 3 aromatic rings. The van der Waals surface area contributed by atoms with Gasteiger partial charge in [-0.3, -0.25) is 14.5 Å². The second kappa shape index (κ2) is 7.68. The van der Waals surface area contributed by atoms with E-state index in [1.54, 1.807) is 16.8 Å². The van der Waals surface area contributed by atoms with Crippen LogP contribution in [0, 0.1) is 6.92 Å². The molecule has 3 aromatic heterocycles. The highest BCUT2D eigenvalue weighted by Crippen LogP contribution is 2.38. The zero-order valence-electron chi connectivity index (χ0n) is 17.4. The molecule has 1 aliphatic heterocycles. The molecule has 0 unspecified atom stereocenters. The standard InChI is InChI=1S/C22H21F3N6O/c1-12-9-17(28-20(27-12)13-4-5-13)21(32)29-15-3-2-8-31-18(15)11-16(30-31)14-6-7-26-19(10-14)22(23,24)25/h6-7,9-11,13,15H,2-5,8H2,1H3,(H,29,32)/t15-/m0/s1. The summed E-state index contributed by atoms with van der Waals surface area (Å²) in [6.45, 7) is 2.48. The quantitative estimate of drug-likeness (QED) is 0.655. The van der Waals surface area contributed by atoms with Crippen LogP contribution in [0.4, 0.5) is 13.2 Å². The number of nitrogens with one attached hydrogen (secondary N) is 1. The fourth-order valence-electron chi connectivity index (χ4n) is 3.98. The molecule has 166 valence electrons. The van der Waals surface area contributed by atoms with Crippen LogP contribution in [0.2, 0.25) is 0 Å². The number of carbonyl (C=O) groups excluding carboxylic acids is 1. The smallest absolute Gasteiger partial charge is 0.342 e. The van der Waals surface area contributed by atoms with Gasteiger partial charge in [0, 0.05) is 29.9 Å². The number of aryl methyl sites for hydroxylation is 2. The van der Waals surface area contributed by atoms with Crippen LogP contribution in [0.5, 0.6) is 0 Å². The van der Waals surface area contributed by atoms with Gasteiger partial charge < -0.3 is 5.32 Å². The Labute approximate surface area is 182 Å². The Bertz CT molecular complexity index is 1180. The Balaban J connectivity index is 1.40. The molecule has 4 heterocycles. The maximum atomic E-state index is 13.0. The van der Waals surface area contributed by atoms with Gasteiger partial charge in [0.15, 0.2) is 0 Å². The van der Waals surface area contributed by atoms with E-state index in [1.807, 2.05) is 6.92 Å². The first-order valence-corrected chi connectivity index (χ1v) is 10.6. The van der Waals surface area contributed by atoms with Crippen molar-refractivity contribution in [1.29, 1.82) is 0 Å². The van der Waals surface area contributed by atoms with Gasteiger partial charge in [0.25, 0.3) is 5.91 Å². The number of hydrogen-bond donors (Lipinski definition) is 1. The van der Waals surface area contributed by atoms with Crippen LogP contribution in [0.3, 0.4) is 0 Å². The molecule has 1 atom stereocenters. The summed E-state index contributed by atoms with van der Waals surface area (Å²) in [6, 6.07) is 5.59. The number of fused-ring (bicyclic) bond motifs is 1. The molecule has 32 heavy (non-hydrogen) atoms. The van der Waals surface area contributed by atoms with Gasteiger partial charge in [-0.1, -0.05) is 0 Å². The van der Waals surface area contributed by atoms with Gasteiger partial charge >= 0.3 is 6.18 Å². The third-order valence-electron chi connectivity index (χ3n) is 5.73. The highest BCUT2D eigenvalue weighted by atomic mass is 19.4. The molecule has 0 spiro atoms. The monoisotopic (exact) mass is 442 g/mol. The molecule has 5 rings (SSSR count). The summed E-state index contributed by atoms with van der Waals surface area (Å²) in [5.74, 6) is 0.758. The van der Waals surface area contributed by atoms with Gasteiger partial charge in [0.2, 0.25) is 0 Å². The van der Waals surface area contributed by atoms with E-state index in [0.717, 1.165) is 42.9 Å². The van der Waals surface area contributed by atoms with Crippen molar-refractivity contribution >= 4 is 5.91 Å². The normalized spacial score (nSPS) is 18.3. The Morgan fingerprint density at radius 2 is 1.97 bits per heavy atom. The van der Waals surface area contributed by atoms with Crippen molar-refractivity contribution in [1.82, 2.24) is 30.0 Å². The van der Waals surface area contributed by atoms with Crippen LogP contribution in [0.1, 0.15) is 71.0 Å². The number of rotatable bonds is 4. The van der Waals surface area contributed by atoms with Gasteiger partial charge in [-0.25, -0.2) is 9.97 Å². The molecule has 0 aromatic carbocycles. The molecule has 0 bridgehead atoms. The van der Waals surface area contributed by atoms with E-state index in [2.05, 4.69) is 25.4 Å². The summed E-state index contributed by atoms with van der Waals surface area (Å²) in [4.78, 5) is 25.2. The van der Waals surface area contributed by atoms with Crippen LogP contribution < -0.4 is 5.32 Å². The van der Waals surface area contributed by atoms with Crippen molar-refractivity contribution in [2.45, 2.75) is 57.3 Å². The zero-order valence-corrected chi connectivity index (χ0v) is 17.4. The van der Waals surface area contributed by atoms with E-state index < -0.39 is 11.9 Å². The first kappa shape index (κ1) is 20.6. The molecule has 1 saturated carbocycles. The fourth-order valence-corrected chi connectivity index (χ4v) is 3.98. The zero-order chi connectivity index (χ0) is 22.5. The van der Waals surface area contributed by atoms with Gasteiger partial charge in [-0.15, -0.1) is 0 Å². The molecule has 1 aliphatic carbocycles. The minimum atomic E-state index is -4.53. The lowest BCUT2D eigenvalue weighted by Gasteiger charge is -2.24. The van der Waals surface area contributed by atoms with Crippen molar-refractivity contribution in [3.05, 3.63) is 59.1 Å². The number of alkyl halides is 3. The van der Waals surface area contributed by atoms with E-state index in [-0.39, 0.29) is 11.9 Å². The van der Waals surface area contributed by atoms with Crippen molar-refractivity contribution < 1.29 is 18.0 Å². The minimum absolute atomic E-state index is 0.290. The van der Waals surface area contributed by atoms with Gasteiger partial charge in [0.05, 0.1) is 17.4 Å². The van der Waals surface area contributed by atoms with Gasteiger partial charge in [-0.2, -0.15) is 18.3 Å².